The molecule has 2 aromatic heterocycles. The summed E-state index contributed by atoms with van der Waals surface area (Å²) in [7, 11) is 0. The van der Waals surface area contributed by atoms with E-state index in [1.54, 1.807) is 11.8 Å². The van der Waals surface area contributed by atoms with Gasteiger partial charge in [-0.05, 0) is 32.1 Å². The van der Waals surface area contributed by atoms with Gasteiger partial charge in [-0.1, -0.05) is 35.2 Å². The van der Waals surface area contributed by atoms with Gasteiger partial charge in [0.2, 0.25) is 11.0 Å². The molecule has 9 heteroatoms. The quantitative estimate of drug-likeness (QED) is 0.631. The molecule has 1 saturated heterocycles. The number of hydrogen-bond donors (Lipinski definition) is 1. The summed E-state index contributed by atoms with van der Waals surface area (Å²) in [6.45, 7) is 5.16. The molecule has 1 atom stereocenters. The molecule has 124 valence electrons. The van der Waals surface area contributed by atoms with Crippen molar-refractivity contribution in [1.82, 2.24) is 20.3 Å². The number of carbonyl (C=O) groups excluding carboxylic acids is 1. The summed E-state index contributed by atoms with van der Waals surface area (Å²) in [5, 5.41) is 15.4. The first-order chi connectivity index (χ1) is 11.2. The normalized spacial score (nSPS) is 18.4. The van der Waals surface area contributed by atoms with Crippen molar-refractivity contribution in [1.29, 1.82) is 0 Å². The van der Waals surface area contributed by atoms with E-state index in [0.29, 0.717) is 11.7 Å². The Bertz CT molecular complexity index is 672. The Labute approximate surface area is 142 Å². The lowest BCUT2D eigenvalue weighted by Crippen LogP contribution is -2.32. The van der Waals surface area contributed by atoms with Gasteiger partial charge < -0.3 is 4.52 Å². The summed E-state index contributed by atoms with van der Waals surface area (Å²) in [6.07, 6.45) is 2.03. The van der Waals surface area contributed by atoms with Gasteiger partial charge in [0.15, 0.2) is 10.1 Å². The molecule has 7 nitrogen and oxygen atoms in total. The fraction of sp³-hybridized carbons (Fsp3) is 0.571. The molecule has 0 bridgehead atoms. The molecule has 2 aromatic rings. The fourth-order valence-corrected chi connectivity index (χ4v) is 4.33. The van der Waals surface area contributed by atoms with Crippen molar-refractivity contribution in [3.8, 4) is 0 Å². The standard InChI is InChI=1S/C14H19N5O2S2/c1-3-22-14-17-16-13(23-14)15-12(20)8-19-6-4-5-10(19)11-7-9(2)18-21-11/h7,10H,3-6,8H2,1-2H3,(H,15,16,20)/t10-/m0/s1. The number of amides is 1. The van der Waals surface area contributed by atoms with E-state index in [1.165, 1.54) is 11.3 Å². The second-order valence-electron chi connectivity index (χ2n) is 5.35. The van der Waals surface area contributed by atoms with Crippen molar-refractivity contribution >= 4 is 34.1 Å². The lowest BCUT2D eigenvalue weighted by atomic mass is 10.1. The van der Waals surface area contributed by atoms with Gasteiger partial charge in [-0.15, -0.1) is 10.2 Å². The van der Waals surface area contributed by atoms with Crippen LogP contribution >= 0.6 is 23.1 Å². The van der Waals surface area contributed by atoms with Gasteiger partial charge in [0.05, 0.1) is 18.3 Å². The maximum Gasteiger partial charge on any atom is 0.240 e. The third-order valence-corrected chi connectivity index (χ3v) is 5.46. The van der Waals surface area contributed by atoms with Crippen LogP contribution < -0.4 is 5.32 Å². The molecule has 0 unspecified atom stereocenters. The average Bonchev–Trinajstić information content (AvgIpc) is 3.21. The second-order valence-corrected chi connectivity index (χ2v) is 7.84. The first-order valence-corrected chi connectivity index (χ1v) is 9.39. The molecule has 3 heterocycles. The van der Waals surface area contributed by atoms with Gasteiger partial charge in [-0.25, -0.2) is 0 Å². The monoisotopic (exact) mass is 353 g/mol. The Morgan fingerprint density at radius 1 is 1.57 bits per heavy atom. The van der Waals surface area contributed by atoms with Crippen LogP contribution in [-0.2, 0) is 4.79 Å². The summed E-state index contributed by atoms with van der Waals surface area (Å²) in [4.78, 5) is 14.4. The van der Waals surface area contributed by atoms with E-state index in [2.05, 4.69) is 32.5 Å². The maximum absolute atomic E-state index is 12.3. The number of nitrogens with zero attached hydrogens (tertiary/aromatic N) is 4. The van der Waals surface area contributed by atoms with E-state index in [4.69, 9.17) is 4.52 Å². The molecule has 0 radical (unpaired) electrons. The van der Waals surface area contributed by atoms with Crippen molar-refractivity contribution in [2.24, 2.45) is 0 Å². The Morgan fingerprint density at radius 3 is 3.17 bits per heavy atom. The SMILES string of the molecule is CCSc1nnc(NC(=O)CN2CCC[C@H]2c2cc(C)no2)s1. The van der Waals surface area contributed by atoms with E-state index < -0.39 is 0 Å². The average molecular weight is 353 g/mol. The van der Waals surface area contributed by atoms with Crippen molar-refractivity contribution in [2.75, 3.05) is 24.2 Å². The number of carbonyl (C=O) groups is 1. The van der Waals surface area contributed by atoms with E-state index in [0.717, 1.165) is 40.9 Å². The molecular weight excluding hydrogens is 334 g/mol. The molecule has 3 rings (SSSR count). The predicted molar refractivity (Wildman–Crippen MR) is 89.7 cm³/mol. The third kappa shape index (κ3) is 4.10. The fourth-order valence-electron chi connectivity index (χ4n) is 2.66. The van der Waals surface area contributed by atoms with Crippen LogP contribution in [0.15, 0.2) is 14.9 Å². The molecule has 1 aliphatic heterocycles. The molecule has 0 spiro atoms. The molecule has 1 fully saturated rings. The predicted octanol–water partition coefficient (Wildman–Crippen LogP) is 2.72. The van der Waals surface area contributed by atoms with Crippen LogP contribution in [-0.4, -0.2) is 45.0 Å². The minimum absolute atomic E-state index is 0.0719. The number of rotatable bonds is 6. The van der Waals surface area contributed by atoms with Crippen LogP contribution in [0.3, 0.4) is 0 Å². The van der Waals surface area contributed by atoms with Crippen LogP contribution in [0.4, 0.5) is 5.13 Å². The second kappa shape index (κ2) is 7.41. The van der Waals surface area contributed by atoms with Gasteiger partial charge in [-0.2, -0.15) is 0 Å². The highest BCUT2D eigenvalue weighted by atomic mass is 32.2. The van der Waals surface area contributed by atoms with Gasteiger partial charge in [0.1, 0.15) is 0 Å². The summed E-state index contributed by atoms with van der Waals surface area (Å²) in [5.41, 5.74) is 0.867. The Balaban J connectivity index is 1.58. The van der Waals surface area contributed by atoms with Crippen molar-refractivity contribution in [3.05, 3.63) is 17.5 Å². The van der Waals surface area contributed by atoms with Crippen molar-refractivity contribution in [3.63, 3.8) is 0 Å². The van der Waals surface area contributed by atoms with Gasteiger partial charge in [0.25, 0.3) is 0 Å². The zero-order valence-electron chi connectivity index (χ0n) is 13.1. The number of nitrogens with one attached hydrogen (secondary N) is 1. The number of hydrogen-bond acceptors (Lipinski definition) is 8. The Hall–Kier alpha value is -1.45. The number of likely N-dealkylation sites (tertiary alicyclic amines) is 1. The minimum atomic E-state index is -0.0719. The number of anilines is 1. The lowest BCUT2D eigenvalue weighted by molar-refractivity contribution is -0.117. The molecule has 1 N–H and O–H groups in total. The van der Waals surface area contributed by atoms with Crippen LogP contribution in [0.2, 0.25) is 0 Å². The molecule has 0 saturated carbocycles. The topological polar surface area (TPSA) is 84.2 Å². The largest absolute Gasteiger partial charge is 0.359 e. The molecular formula is C14H19N5O2S2. The summed E-state index contributed by atoms with van der Waals surface area (Å²) < 4.78 is 6.24. The van der Waals surface area contributed by atoms with E-state index in [1.807, 2.05) is 13.0 Å². The Kier molecular flexibility index (Phi) is 5.29. The van der Waals surface area contributed by atoms with Crippen LogP contribution in [0, 0.1) is 6.92 Å². The van der Waals surface area contributed by atoms with Gasteiger partial charge >= 0.3 is 0 Å². The minimum Gasteiger partial charge on any atom is -0.359 e. The summed E-state index contributed by atoms with van der Waals surface area (Å²) >= 11 is 3.03. The number of thioether (sulfide) groups is 1. The first-order valence-electron chi connectivity index (χ1n) is 7.59. The van der Waals surface area contributed by atoms with E-state index in [9.17, 15) is 4.79 Å². The zero-order chi connectivity index (χ0) is 16.2. The number of aromatic nitrogens is 3. The lowest BCUT2D eigenvalue weighted by Gasteiger charge is -2.21. The summed E-state index contributed by atoms with van der Waals surface area (Å²) in [5.74, 6) is 1.71. The first kappa shape index (κ1) is 16.4. The maximum atomic E-state index is 12.3. The summed E-state index contributed by atoms with van der Waals surface area (Å²) in [6, 6.07) is 2.07. The van der Waals surface area contributed by atoms with E-state index >= 15 is 0 Å². The van der Waals surface area contributed by atoms with Gasteiger partial charge in [-0.3, -0.25) is 15.0 Å². The molecule has 0 aliphatic carbocycles. The molecule has 1 amide bonds. The highest BCUT2D eigenvalue weighted by molar-refractivity contribution is 8.01. The van der Waals surface area contributed by atoms with Crippen LogP contribution in [0.1, 0.15) is 37.3 Å². The van der Waals surface area contributed by atoms with Gasteiger partial charge in [0, 0.05) is 6.07 Å². The molecule has 1 aliphatic rings. The highest BCUT2D eigenvalue weighted by Crippen LogP contribution is 2.32. The van der Waals surface area contributed by atoms with E-state index in [-0.39, 0.29) is 11.9 Å². The van der Waals surface area contributed by atoms with Crippen LogP contribution in [0.5, 0.6) is 0 Å². The van der Waals surface area contributed by atoms with Crippen molar-refractivity contribution < 1.29 is 9.32 Å². The van der Waals surface area contributed by atoms with Crippen LogP contribution in [0.25, 0.3) is 0 Å². The smallest absolute Gasteiger partial charge is 0.240 e. The highest BCUT2D eigenvalue weighted by Gasteiger charge is 2.30. The molecule has 23 heavy (non-hydrogen) atoms. The van der Waals surface area contributed by atoms with Crippen molar-refractivity contribution in [2.45, 2.75) is 37.1 Å². The Morgan fingerprint density at radius 2 is 2.43 bits per heavy atom. The zero-order valence-corrected chi connectivity index (χ0v) is 14.7. The molecule has 0 aromatic carbocycles. The number of aryl methyl sites for hydroxylation is 1. The third-order valence-electron chi connectivity index (χ3n) is 3.61.